The molecule has 0 aliphatic carbocycles. The minimum atomic E-state index is -0.607. The van der Waals surface area contributed by atoms with E-state index in [-0.39, 0.29) is 17.7 Å². The molecule has 0 spiro atoms. The topological polar surface area (TPSA) is 49.3 Å². The highest BCUT2D eigenvalue weighted by molar-refractivity contribution is 6.33. The molecule has 0 aromatic heterocycles. The number of hydrogen-bond acceptors (Lipinski definition) is 2. The normalized spacial score (nSPS) is 19.5. The summed E-state index contributed by atoms with van der Waals surface area (Å²) in [5.41, 5.74) is 3.35. The lowest BCUT2D eigenvalue weighted by Gasteiger charge is -2.20. The molecule has 0 saturated heterocycles. The number of nitrogens with one attached hydrogen (secondary N) is 1. The van der Waals surface area contributed by atoms with Crippen molar-refractivity contribution in [3.05, 3.63) is 27.8 Å². The Morgan fingerprint density at radius 3 is 2.63 bits per heavy atom. The number of anilines is 1. The quantitative estimate of drug-likeness (QED) is 0.886. The van der Waals surface area contributed by atoms with E-state index in [9.17, 15) is 9.90 Å². The number of hydrogen-bond donors (Lipinski definition) is 2. The minimum Gasteiger partial charge on any atom is -0.388 e. The molecule has 1 amide bonds. The Hall–Kier alpha value is -1.06. The molecule has 4 heteroatoms. The Morgan fingerprint density at radius 2 is 2.11 bits per heavy atom. The van der Waals surface area contributed by atoms with Gasteiger partial charge in [-0.25, -0.2) is 0 Å². The number of carbonyl (C=O) groups excluding carboxylic acids is 1. The van der Waals surface area contributed by atoms with Crippen molar-refractivity contribution in [2.45, 2.75) is 46.1 Å². The van der Waals surface area contributed by atoms with Crippen molar-refractivity contribution < 1.29 is 9.90 Å². The first-order valence-electron chi connectivity index (χ1n) is 6.70. The molecule has 2 atom stereocenters. The molecule has 0 bridgehead atoms. The third kappa shape index (κ3) is 2.26. The van der Waals surface area contributed by atoms with Gasteiger partial charge in [-0.2, -0.15) is 0 Å². The van der Waals surface area contributed by atoms with E-state index in [0.717, 1.165) is 28.8 Å². The van der Waals surface area contributed by atoms with Crippen molar-refractivity contribution in [2.24, 2.45) is 5.92 Å². The number of halogens is 1. The van der Waals surface area contributed by atoms with Gasteiger partial charge in [0.2, 0.25) is 5.91 Å². The second-order valence-corrected chi connectivity index (χ2v) is 5.89. The second-order valence-electron chi connectivity index (χ2n) is 5.51. The minimum absolute atomic E-state index is 0.0212. The standard InChI is InChI=1S/C15H20ClNO2/c1-5-9-10-6-11(14(18)7(2)3)12(16)8(4)13(10)17-15(9)19/h6-7,9,14,18H,5H2,1-4H3,(H,17,19). The lowest BCUT2D eigenvalue weighted by atomic mass is 9.90. The molecule has 1 heterocycles. The number of rotatable bonds is 3. The number of carbonyl (C=O) groups is 1. The van der Waals surface area contributed by atoms with Gasteiger partial charge in [-0.05, 0) is 36.5 Å². The van der Waals surface area contributed by atoms with Crippen molar-refractivity contribution >= 4 is 23.2 Å². The summed E-state index contributed by atoms with van der Waals surface area (Å²) in [6.07, 6.45) is 0.140. The molecule has 0 saturated carbocycles. The van der Waals surface area contributed by atoms with E-state index in [4.69, 9.17) is 11.6 Å². The zero-order valence-corrected chi connectivity index (χ0v) is 12.5. The molecular weight excluding hydrogens is 262 g/mol. The van der Waals surface area contributed by atoms with Crippen molar-refractivity contribution in [1.82, 2.24) is 0 Å². The first-order chi connectivity index (χ1) is 8.88. The van der Waals surface area contributed by atoms with Crippen LogP contribution in [0.25, 0.3) is 0 Å². The maximum absolute atomic E-state index is 11.9. The summed E-state index contributed by atoms with van der Waals surface area (Å²) in [5, 5.41) is 13.7. The Bertz CT molecular complexity index is 525. The van der Waals surface area contributed by atoms with Crippen LogP contribution in [0.5, 0.6) is 0 Å². The van der Waals surface area contributed by atoms with Crippen LogP contribution in [0.15, 0.2) is 6.07 Å². The number of amides is 1. The summed E-state index contributed by atoms with van der Waals surface area (Å²) < 4.78 is 0. The van der Waals surface area contributed by atoms with E-state index in [0.29, 0.717) is 5.02 Å². The zero-order valence-electron chi connectivity index (χ0n) is 11.7. The largest absolute Gasteiger partial charge is 0.388 e. The fraction of sp³-hybridized carbons (Fsp3) is 0.533. The fourth-order valence-electron chi connectivity index (χ4n) is 2.62. The van der Waals surface area contributed by atoms with Crippen LogP contribution < -0.4 is 5.32 Å². The van der Waals surface area contributed by atoms with Crippen LogP contribution in [0.4, 0.5) is 5.69 Å². The summed E-state index contributed by atoms with van der Waals surface area (Å²) in [4.78, 5) is 11.9. The van der Waals surface area contributed by atoms with E-state index in [1.165, 1.54) is 0 Å². The summed E-state index contributed by atoms with van der Waals surface area (Å²) >= 11 is 6.34. The van der Waals surface area contributed by atoms with Gasteiger partial charge in [-0.1, -0.05) is 32.4 Å². The van der Waals surface area contributed by atoms with Gasteiger partial charge in [0.1, 0.15) is 0 Å². The smallest absolute Gasteiger partial charge is 0.232 e. The number of aliphatic hydroxyl groups excluding tert-OH is 1. The molecule has 1 aliphatic heterocycles. The average molecular weight is 282 g/mol. The maximum Gasteiger partial charge on any atom is 0.232 e. The van der Waals surface area contributed by atoms with E-state index in [1.54, 1.807) is 0 Å². The van der Waals surface area contributed by atoms with Gasteiger partial charge in [0, 0.05) is 11.3 Å². The van der Waals surface area contributed by atoms with Crippen molar-refractivity contribution in [2.75, 3.05) is 5.32 Å². The predicted octanol–water partition coefficient (Wildman–Crippen LogP) is 3.78. The van der Waals surface area contributed by atoms with Gasteiger partial charge >= 0.3 is 0 Å². The van der Waals surface area contributed by atoms with Gasteiger partial charge in [0.25, 0.3) is 0 Å². The summed E-state index contributed by atoms with van der Waals surface area (Å²) in [7, 11) is 0. The van der Waals surface area contributed by atoms with Crippen LogP contribution in [0.1, 0.15) is 55.9 Å². The molecule has 19 heavy (non-hydrogen) atoms. The molecule has 2 rings (SSSR count). The maximum atomic E-state index is 11.9. The summed E-state index contributed by atoms with van der Waals surface area (Å²) in [6, 6.07) is 1.89. The third-order valence-corrected chi connectivity index (χ3v) is 4.36. The number of fused-ring (bicyclic) bond motifs is 1. The van der Waals surface area contributed by atoms with E-state index in [2.05, 4.69) is 5.32 Å². The van der Waals surface area contributed by atoms with Gasteiger partial charge in [-0.15, -0.1) is 0 Å². The molecule has 2 unspecified atom stereocenters. The summed E-state index contributed by atoms with van der Waals surface area (Å²) in [5.74, 6) is -0.0305. The zero-order chi connectivity index (χ0) is 14.3. The average Bonchev–Trinajstić information content (AvgIpc) is 2.68. The molecule has 1 aromatic carbocycles. The van der Waals surface area contributed by atoms with Crippen LogP contribution in [0, 0.1) is 12.8 Å². The molecule has 104 valence electrons. The SMILES string of the molecule is CCC1C(=O)Nc2c1cc(C(O)C(C)C)c(Cl)c2C. The lowest BCUT2D eigenvalue weighted by Crippen LogP contribution is -2.11. The van der Waals surface area contributed by atoms with Crippen LogP contribution in [0.2, 0.25) is 5.02 Å². The number of aliphatic hydroxyl groups is 1. The highest BCUT2D eigenvalue weighted by Crippen LogP contribution is 2.43. The molecule has 1 aromatic rings. The molecule has 0 radical (unpaired) electrons. The second kappa shape index (κ2) is 5.14. The molecule has 1 aliphatic rings. The van der Waals surface area contributed by atoms with Crippen LogP contribution in [0.3, 0.4) is 0 Å². The first-order valence-corrected chi connectivity index (χ1v) is 7.08. The van der Waals surface area contributed by atoms with Crippen molar-refractivity contribution in [3.8, 4) is 0 Å². The van der Waals surface area contributed by atoms with Gasteiger partial charge < -0.3 is 10.4 Å². The van der Waals surface area contributed by atoms with Crippen molar-refractivity contribution in [1.29, 1.82) is 0 Å². The molecular formula is C15H20ClNO2. The molecule has 2 N–H and O–H groups in total. The Kier molecular flexibility index (Phi) is 3.88. The Balaban J connectivity index is 2.60. The summed E-state index contributed by atoms with van der Waals surface area (Å²) in [6.45, 7) is 7.77. The van der Waals surface area contributed by atoms with E-state index >= 15 is 0 Å². The van der Waals surface area contributed by atoms with E-state index < -0.39 is 6.10 Å². The predicted molar refractivity (Wildman–Crippen MR) is 77.6 cm³/mol. The lowest BCUT2D eigenvalue weighted by molar-refractivity contribution is -0.117. The van der Waals surface area contributed by atoms with Crippen LogP contribution in [-0.4, -0.2) is 11.0 Å². The van der Waals surface area contributed by atoms with Crippen molar-refractivity contribution in [3.63, 3.8) is 0 Å². The highest BCUT2D eigenvalue weighted by atomic mass is 35.5. The highest BCUT2D eigenvalue weighted by Gasteiger charge is 2.33. The Labute approximate surface area is 119 Å². The van der Waals surface area contributed by atoms with Gasteiger partial charge in [0.15, 0.2) is 0 Å². The monoisotopic (exact) mass is 281 g/mol. The fourth-order valence-corrected chi connectivity index (χ4v) is 2.88. The van der Waals surface area contributed by atoms with Crippen LogP contribution >= 0.6 is 11.6 Å². The van der Waals surface area contributed by atoms with Crippen LogP contribution in [-0.2, 0) is 4.79 Å². The van der Waals surface area contributed by atoms with Gasteiger partial charge in [-0.3, -0.25) is 4.79 Å². The Morgan fingerprint density at radius 1 is 1.47 bits per heavy atom. The van der Waals surface area contributed by atoms with Gasteiger partial charge in [0.05, 0.1) is 17.0 Å². The number of benzene rings is 1. The molecule has 0 fully saturated rings. The molecule has 3 nitrogen and oxygen atoms in total. The third-order valence-electron chi connectivity index (χ3n) is 3.86. The van der Waals surface area contributed by atoms with E-state index in [1.807, 2.05) is 33.8 Å². The first kappa shape index (κ1) is 14.4.